The van der Waals surface area contributed by atoms with Crippen LogP contribution in [0.2, 0.25) is 0 Å². The molecule has 1 rings (SSSR count). The number of carbonyl (C=O) groups excluding carboxylic acids is 1. The lowest BCUT2D eigenvalue weighted by Crippen LogP contribution is -2.45. The van der Waals surface area contributed by atoms with Crippen LogP contribution >= 0.6 is 11.8 Å². The van der Waals surface area contributed by atoms with Crippen LogP contribution in [0.4, 0.5) is 0 Å². The Morgan fingerprint density at radius 2 is 2.07 bits per heavy atom. The molecule has 3 nitrogen and oxygen atoms in total. The second kappa shape index (κ2) is 5.75. The van der Waals surface area contributed by atoms with Gasteiger partial charge in [-0.15, -0.1) is 0 Å². The van der Waals surface area contributed by atoms with Gasteiger partial charge < -0.3 is 10.2 Å². The molecule has 0 saturated carbocycles. The molecule has 1 amide bonds. The topological polar surface area (TPSA) is 32.3 Å². The Balaban J connectivity index is 2.21. The van der Waals surface area contributed by atoms with E-state index in [-0.39, 0.29) is 0 Å². The molecule has 0 aromatic rings. The number of hydrogen-bond acceptors (Lipinski definition) is 3. The Labute approximate surface area is 97.0 Å². The molecule has 0 bridgehead atoms. The summed E-state index contributed by atoms with van der Waals surface area (Å²) in [5.41, 5.74) is 0. The molecule has 0 aromatic carbocycles. The van der Waals surface area contributed by atoms with E-state index < -0.39 is 0 Å². The molecule has 1 heterocycles. The zero-order valence-electron chi connectivity index (χ0n) is 9.95. The number of rotatable bonds is 5. The van der Waals surface area contributed by atoms with E-state index in [1.54, 1.807) is 0 Å². The maximum absolute atomic E-state index is 10.5. The van der Waals surface area contributed by atoms with Crippen molar-refractivity contribution in [3.8, 4) is 0 Å². The van der Waals surface area contributed by atoms with E-state index in [1.165, 1.54) is 0 Å². The molecule has 0 aliphatic carbocycles. The van der Waals surface area contributed by atoms with E-state index in [4.69, 9.17) is 0 Å². The quantitative estimate of drug-likeness (QED) is 0.723. The van der Waals surface area contributed by atoms with E-state index in [9.17, 15) is 4.79 Å². The molecular weight excluding hydrogens is 208 g/mol. The molecule has 1 aliphatic heterocycles. The van der Waals surface area contributed by atoms with Crippen LogP contribution in [0.1, 0.15) is 26.7 Å². The molecule has 0 radical (unpaired) electrons. The van der Waals surface area contributed by atoms with Crippen molar-refractivity contribution in [2.24, 2.45) is 0 Å². The molecule has 4 heteroatoms. The fourth-order valence-corrected chi connectivity index (χ4v) is 1.90. The summed E-state index contributed by atoms with van der Waals surface area (Å²) < 4.78 is 0.307. The van der Waals surface area contributed by atoms with Crippen molar-refractivity contribution in [2.75, 3.05) is 25.9 Å². The predicted molar refractivity (Wildman–Crippen MR) is 66.3 cm³/mol. The molecule has 88 valence electrons. The zero-order chi connectivity index (χ0) is 11.3. The van der Waals surface area contributed by atoms with Gasteiger partial charge in [0, 0.05) is 30.4 Å². The highest BCUT2D eigenvalue weighted by Gasteiger charge is 2.21. The second-order valence-electron chi connectivity index (χ2n) is 4.76. The summed E-state index contributed by atoms with van der Waals surface area (Å²) in [7, 11) is 0. The zero-order valence-corrected chi connectivity index (χ0v) is 10.8. The molecule has 15 heavy (non-hydrogen) atoms. The largest absolute Gasteiger partial charge is 0.345 e. The van der Waals surface area contributed by atoms with Gasteiger partial charge in [-0.05, 0) is 32.9 Å². The normalized spacial score (nSPS) is 19.3. The van der Waals surface area contributed by atoms with Crippen molar-refractivity contribution in [3.05, 3.63) is 0 Å². The van der Waals surface area contributed by atoms with Gasteiger partial charge >= 0.3 is 0 Å². The molecule has 0 spiro atoms. The third kappa shape index (κ3) is 4.43. The SMILES string of the molecule is CSC(C)(C)CNC1CCN(C=O)CC1. The minimum absolute atomic E-state index is 0.307. The maximum atomic E-state index is 10.5. The van der Waals surface area contributed by atoms with Crippen LogP contribution in [0.15, 0.2) is 0 Å². The van der Waals surface area contributed by atoms with Gasteiger partial charge in [-0.3, -0.25) is 4.79 Å². The van der Waals surface area contributed by atoms with E-state index in [0.29, 0.717) is 10.8 Å². The third-order valence-electron chi connectivity index (χ3n) is 3.05. The fourth-order valence-electron chi connectivity index (χ4n) is 1.67. The number of thioether (sulfide) groups is 1. The first-order chi connectivity index (χ1) is 7.07. The Hall–Kier alpha value is -0.220. The first-order valence-corrected chi connectivity index (χ1v) is 6.78. The van der Waals surface area contributed by atoms with E-state index >= 15 is 0 Å². The molecule has 1 fully saturated rings. The predicted octanol–water partition coefficient (Wildman–Crippen LogP) is 1.34. The number of carbonyl (C=O) groups is 1. The average Bonchev–Trinajstić information content (AvgIpc) is 2.27. The molecule has 1 N–H and O–H groups in total. The van der Waals surface area contributed by atoms with Crippen molar-refractivity contribution in [1.29, 1.82) is 0 Å². The van der Waals surface area contributed by atoms with Gasteiger partial charge in [0.15, 0.2) is 0 Å². The van der Waals surface area contributed by atoms with Crippen molar-refractivity contribution in [2.45, 2.75) is 37.5 Å². The lowest BCUT2D eigenvalue weighted by molar-refractivity contribution is -0.119. The van der Waals surface area contributed by atoms with E-state index in [1.807, 2.05) is 16.7 Å². The number of amides is 1. The molecular formula is C11H22N2OS. The van der Waals surface area contributed by atoms with Gasteiger partial charge in [0.05, 0.1) is 0 Å². The Kier molecular flexibility index (Phi) is 4.93. The Bertz CT molecular complexity index is 201. The summed E-state index contributed by atoms with van der Waals surface area (Å²) in [6.45, 7) is 7.36. The van der Waals surface area contributed by atoms with Crippen LogP contribution in [0.5, 0.6) is 0 Å². The summed E-state index contributed by atoms with van der Waals surface area (Å²) in [6.07, 6.45) is 5.28. The highest BCUT2D eigenvalue weighted by atomic mass is 32.2. The summed E-state index contributed by atoms with van der Waals surface area (Å²) >= 11 is 1.89. The van der Waals surface area contributed by atoms with Gasteiger partial charge in [0.2, 0.25) is 6.41 Å². The third-order valence-corrected chi connectivity index (χ3v) is 4.30. The van der Waals surface area contributed by atoms with Gasteiger partial charge in [0.1, 0.15) is 0 Å². The lowest BCUT2D eigenvalue weighted by Gasteiger charge is -2.32. The number of hydrogen-bond donors (Lipinski definition) is 1. The first-order valence-electron chi connectivity index (χ1n) is 5.55. The van der Waals surface area contributed by atoms with Crippen molar-refractivity contribution < 1.29 is 4.79 Å². The van der Waals surface area contributed by atoms with Crippen LogP contribution in [-0.4, -0.2) is 48.0 Å². The first kappa shape index (κ1) is 12.8. The summed E-state index contributed by atoms with van der Waals surface area (Å²) in [4.78, 5) is 12.4. The minimum Gasteiger partial charge on any atom is -0.345 e. The Morgan fingerprint density at radius 1 is 1.47 bits per heavy atom. The highest BCUT2D eigenvalue weighted by molar-refractivity contribution is 7.99. The van der Waals surface area contributed by atoms with Gasteiger partial charge in [0.25, 0.3) is 0 Å². The summed E-state index contributed by atoms with van der Waals surface area (Å²) in [5, 5.41) is 3.59. The Morgan fingerprint density at radius 3 is 2.53 bits per heavy atom. The van der Waals surface area contributed by atoms with E-state index in [2.05, 4.69) is 25.4 Å². The highest BCUT2D eigenvalue weighted by Crippen LogP contribution is 2.20. The number of nitrogens with one attached hydrogen (secondary N) is 1. The minimum atomic E-state index is 0.307. The van der Waals surface area contributed by atoms with Crippen molar-refractivity contribution in [1.82, 2.24) is 10.2 Å². The smallest absolute Gasteiger partial charge is 0.209 e. The van der Waals surface area contributed by atoms with Gasteiger partial charge in [-0.2, -0.15) is 11.8 Å². The molecule has 1 saturated heterocycles. The number of piperidine rings is 1. The van der Waals surface area contributed by atoms with Crippen molar-refractivity contribution >= 4 is 18.2 Å². The van der Waals surface area contributed by atoms with Crippen LogP contribution < -0.4 is 5.32 Å². The van der Waals surface area contributed by atoms with Crippen LogP contribution in [-0.2, 0) is 4.79 Å². The van der Waals surface area contributed by atoms with E-state index in [0.717, 1.165) is 38.9 Å². The second-order valence-corrected chi connectivity index (χ2v) is 6.27. The van der Waals surface area contributed by atoms with Crippen LogP contribution in [0.25, 0.3) is 0 Å². The van der Waals surface area contributed by atoms with Gasteiger partial charge in [-0.1, -0.05) is 0 Å². The average molecular weight is 230 g/mol. The number of likely N-dealkylation sites (tertiary alicyclic amines) is 1. The fraction of sp³-hybridized carbons (Fsp3) is 0.909. The standard InChI is InChI=1S/C11H22N2OS/c1-11(2,15-3)8-12-10-4-6-13(9-14)7-5-10/h9-10,12H,4-8H2,1-3H3. The lowest BCUT2D eigenvalue weighted by atomic mass is 10.0. The number of nitrogens with zero attached hydrogens (tertiary/aromatic N) is 1. The molecule has 0 atom stereocenters. The maximum Gasteiger partial charge on any atom is 0.209 e. The molecule has 0 aromatic heterocycles. The van der Waals surface area contributed by atoms with Crippen LogP contribution in [0, 0.1) is 0 Å². The van der Waals surface area contributed by atoms with Crippen LogP contribution in [0.3, 0.4) is 0 Å². The summed E-state index contributed by atoms with van der Waals surface area (Å²) in [6, 6.07) is 0.590. The summed E-state index contributed by atoms with van der Waals surface area (Å²) in [5.74, 6) is 0. The molecule has 1 aliphatic rings. The van der Waals surface area contributed by atoms with Gasteiger partial charge in [-0.25, -0.2) is 0 Å². The monoisotopic (exact) mass is 230 g/mol. The molecule has 0 unspecified atom stereocenters. The van der Waals surface area contributed by atoms with Crippen molar-refractivity contribution in [3.63, 3.8) is 0 Å².